The van der Waals surface area contributed by atoms with Crippen molar-refractivity contribution in [2.75, 3.05) is 13.7 Å². The van der Waals surface area contributed by atoms with Crippen molar-refractivity contribution in [3.05, 3.63) is 82.6 Å². The summed E-state index contributed by atoms with van der Waals surface area (Å²) in [6.45, 7) is 5.39. The summed E-state index contributed by atoms with van der Waals surface area (Å²) in [7, 11) is -2.45. The average Bonchev–Trinajstić information content (AvgIpc) is 3.45. The van der Waals surface area contributed by atoms with Crippen molar-refractivity contribution in [1.82, 2.24) is 9.62 Å². The molecule has 0 bridgehead atoms. The molecule has 2 aromatic carbocycles. The number of thiophene rings is 1. The number of alkyl carbamates (subject to hydrolysis) is 1. The van der Waals surface area contributed by atoms with Gasteiger partial charge < -0.3 is 25.3 Å². The molecule has 3 aromatic rings. The van der Waals surface area contributed by atoms with E-state index < -0.39 is 40.0 Å². The number of primary amides is 1. The zero-order chi connectivity index (χ0) is 31.5. The van der Waals surface area contributed by atoms with Gasteiger partial charge in [-0.05, 0) is 81.3 Å². The molecular weight excluding hydrogens is 590 g/mol. The highest BCUT2D eigenvalue weighted by Crippen LogP contribution is 2.24. The maximum atomic E-state index is 13.9. The van der Waals surface area contributed by atoms with Crippen LogP contribution in [-0.4, -0.2) is 56.3 Å². The molecule has 0 aliphatic carbocycles. The molecule has 0 radical (unpaired) electrons. The first-order valence-corrected chi connectivity index (χ1v) is 16.3. The molecule has 0 saturated carbocycles. The first kappa shape index (κ1) is 33.9. The van der Waals surface area contributed by atoms with E-state index in [-0.39, 0.29) is 18.0 Å². The Kier molecular flexibility index (Phi) is 12.4. The minimum absolute atomic E-state index is 0.00840. The van der Waals surface area contributed by atoms with Crippen molar-refractivity contribution in [3.63, 3.8) is 0 Å². The van der Waals surface area contributed by atoms with Crippen LogP contribution in [0, 0.1) is 0 Å². The number of methoxy groups -OCH3 is 1. The minimum atomic E-state index is -3.96. The molecule has 2 amide bonds. The minimum Gasteiger partial charge on any atom is -0.497 e. The standard InChI is InChI=1S/C31H41N3O7S2/c1-31(2,3)41-30(36)33-24(12-8-13-26(40-29(32)35)20-23-10-6-5-7-11-23)21-34(22-27-14-9-19-42-27)43(37,38)28-17-15-25(39-4)16-18-28/h5-7,9-11,14-19,24,26H,8,12-13,20-22H2,1-4H3,(H2,32,35)(H,33,36)/t24-,26?/m0/s1. The van der Waals surface area contributed by atoms with Crippen molar-refractivity contribution < 1.29 is 32.2 Å². The summed E-state index contributed by atoms with van der Waals surface area (Å²) in [5.74, 6) is 0.538. The number of sulfonamides is 1. The van der Waals surface area contributed by atoms with Crippen LogP contribution in [0.5, 0.6) is 5.75 Å². The van der Waals surface area contributed by atoms with Gasteiger partial charge >= 0.3 is 12.2 Å². The van der Waals surface area contributed by atoms with Crippen LogP contribution in [0.15, 0.2) is 77.0 Å². The molecule has 12 heteroatoms. The largest absolute Gasteiger partial charge is 0.497 e. The molecule has 3 N–H and O–H groups in total. The van der Waals surface area contributed by atoms with E-state index in [1.165, 1.54) is 34.9 Å². The maximum Gasteiger partial charge on any atom is 0.407 e. The third-order valence-electron chi connectivity index (χ3n) is 6.42. The number of hydrogen-bond donors (Lipinski definition) is 2. The molecule has 1 aromatic heterocycles. The molecule has 1 heterocycles. The van der Waals surface area contributed by atoms with Gasteiger partial charge in [0.05, 0.1) is 12.0 Å². The number of carbonyl (C=O) groups is 2. The molecule has 0 fully saturated rings. The molecule has 1 unspecified atom stereocenters. The van der Waals surface area contributed by atoms with E-state index >= 15 is 0 Å². The smallest absolute Gasteiger partial charge is 0.407 e. The van der Waals surface area contributed by atoms with Gasteiger partial charge in [-0.2, -0.15) is 4.31 Å². The van der Waals surface area contributed by atoms with Crippen LogP contribution < -0.4 is 15.8 Å². The molecule has 43 heavy (non-hydrogen) atoms. The van der Waals surface area contributed by atoms with Crippen molar-refractivity contribution in [1.29, 1.82) is 0 Å². The number of amides is 2. The summed E-state index contributed by atoms with van der Waals surface area (Å²) >= 11 is 1.45. The van der Waals surface area contributed by atoms with E-state index in [4.69, 9.17) is 19.9 Å². The number of nitrogens with two attached hydrogens (primary N) is 1. The Bertz CT molecular complexity index is 1390. The van der Waals surface area contributed by atoms with E-state index in [9.17, 15) is 18.0 Å². The number of carbonyl (C=O) groups excluding carboxylic acids is 2. The summed E-state index contributed by atoms with van der Waals surface area (Å²) in [6, 6.07) is 18.9. The molecule has 0 aliphatic rings. The highest BCUT2D eigenvalue weighted by atomic mass is 32.2. The van der Waals surface area contributed by atoms with E-state index in [0.717, 1.165) is 10.4 Å². The Balaban J connectivity index is 1.83. The summed E-state index contributed by atoms with van der Waals surface area (Å²) in [5, 5.41) is 4.76. The fourth-order valence-electron chi connectivity index (χ4n) is 4.49. The van der Waals surface area contributed by atoms with Crippen molar-refractivity contribution >= 4 is 33.5 Å². The molecule has 3 rings (SSSR count). The highest BCUT2D eigenvalue weighted by Gasteiger charge is 2.30. The molecule has 0 saturated heterocycles. The van der Waals surface area contributed by atoms with Gasteiger partial charge in [0, 0.05) is 30.4 Å². The number of nitrogens with one attached hydrogen (secondary N) is 1. The molecule has 0 spiro atoms. The molecule has 2 atom stereocenters. The lowest BCUT2D eigenvalue weighted by Crippen LogP contribution is -2.47. The van der Waals surface area contributed by atoms with E-state index in [0.29, 0.717) is 31.4 Å². The third kappa shape index (κ3) is 11.5. The number of hydrogen-bond acceptors (Lipinski definition) is 8. The van der Waals surface area contributed by atoms with E-state index in [1.807, 2.05) is 47.8 Å². The topological polar surface area (TPSA) is 137 Å². The average molecular weight is 632 g/mol. The van der Waals surface area contributed by atoms with Gasteiger partial charge in [-0.25, -0.2) is 18.0 Å². The fourth-order valence-corrected chi connectivity index (χ4v) is 6.75. The van der Waals surface area contributed by atoms with Gasteiger partial charge in [-0.15, -0.1) is 11.3 Å². The maximum absolute atomic E-state index is 13.9. The summed E-state index contributed by atoms with van der Waals surface area (Å²) in [5.41, 5.74) is 5.59. The molecule has 0 aliphatic heterocycles. The van der Waals surface area contributed by atoms with Crippen LogP contribution in [0.25, 0.3) is 0 Å². The van der Waals surface area contributed by atoms with Crippen LogP contribution in [0.2, 0.25) is 0 Å². The lowest BCUT2D eigenvalue weighted by molar-refractivity contribution is 0.0493. The van der Waals surface area contributed by atoms with Gasteiger partial charge in [-0.3, -0.25) is 0 Å². The van der Waals surface area contributed by atoms with Gasteiger partial charge in [0.1, 0.15) is 17.5 Å². The van der Waals surface area contributed by atoms with Crippen molar-refractivity contribution in [3.8, 4) is 5.75 Å². The Morgan fingerprint density at radius 3 is 2.28 bits per heavy atom. The summed E-state index contributed by atoms with van der Waals surface area (Å²) in [6.07, 6.45) is -0.147. The van der Waals surface area contributed by atoms with Crippen LogP contribution in [0.1, 0.15) is 50.5 Å². The van der Waals surface area contributed by atoms with Crippen LogP contribution in [0.4, 0.5) is 9.59 Å². The van der Waals surface area contributed by atoms with Crippen LogP contribution in [-0.2, 0) is 32.5 Å². The zero-order valence-electron chi connectivity index (χ0n) is 25.0. The first-order valence-electron chi connectivity index (χ1n) is 14.0. The lowest BCUT2D eigenvalue weighted by Gasteiger charge is -2.29. The Morgan fingerprint density at radius 1 is 1.00 bits per heavy atom. The quantitative estimate of drug-likeness (QED) is 0.219. The van der Waals surface area contributed by atoms with Crippen molar-refractivity contribution in [2.24, 2.45) is 5.73 Å². The lowest BCUT2D eigenvalue weighted by atomic mass is 10.0. The predicted molar refractivity (Wildman–Crippen MR) is 167 cm³/mol. The van der Waals surface area contributed by atoms with Gasteiger partial charge in [0.15, 0.2) is 0 Å². The second-order valence-corrected chi connectivity index (χ2v) is 14.0. The SMILES string of the molecule is COc1ccc(S(=O)(=O)N(Cc2cccs2)C[C@H](CCCC(Cc2ccccc2)OC(N)=O)NC(=O)OC(C)(C)C)cc1. The zero-order valence-corrected chi connectivity index (χ0v) is 26.7. The number of benzene rings is 2. The van der Waals surface area contributed by atoms with Gasteiger partial charge in [0.2, 0.25) is 10.0 Å². The van der Waals surface area contributed by atoms with Crippen LogP contribution >= 0.6 is 11.3 Å². The molecule has 10 nitrogen and oxygen atoms in total. The fraction of sp³-hybridized carbons (Fsp3) is 0.419. The van der Waals surface area contributed by atoms with Gasteiger partial charge in [-0.1, -0.05) is 36.4 Å². The molecule has 234 valence electrons. The molecular formula is C31H41N3O7S2. The number of nitrogens with zero attached hydrogens (tertiary/aromatic N) is 1. The first-order chi connectivity index (χ1) is 20.4. The Labute approximate surface area is 258 Å². The summed E-state index contributed by atoms with van der Waals surface area (Å²) < 4.78 is 45.2. The summed E-state index contributed by atoms with van der Waals surface area (Å²) in [4.78, 5) is 25.4. The normalized spacial score (nSPS) is 13.2. The Hall–Kier alpha value is -3.61. The van der Waals surface area contributed by atoms with E-state index in [1.54, 1.807) is 32.9 Å². The van der Waals surface area contributed by atoms with E-state index in [2.05, 4.69) is 5.32 Å². The Morgan fingerprint density at radius 2 is 1.70 bits per heavy atom. The second-order valence-electron chi connectivity index (χ2n) is 11.1. The second kappa shape index (κ2) is 15.7. The number of ether oxygens (including phenoxy) is 3. The predicted octanol–water partition coefficient (Wildman–Crippen LogP) is 5.72. The number of rotatable bonds is 15. The van der Waals surface area contributed by atoms with Crippen molar-refractivity contribution in [2.45, 2.75) is 75.6 Å². The monoisotopic (exact) mass is 631 g/mol. The van der Waals surface area contributed by atoms with Crippen LogP contribution in [0.3, 0.4) is 0 Å². The third-order valence-corrected chi connectivity index (χ3v) is 9.11. The highest BCUT2D eigenvalue weighted by molar-refractivity contribution is 7.89. The van der Waals surface area contributed by atoms with Gasteiger partial charge in [0.25, 0.3) is 0 Å².